The van der Waals surface area contributed by atoms with Gasteiger partial charge in [0.1, 0.15) is 17.3 Å². The lowest BCUT2D eigenvalue weighted by Crippen LogP contribution is -2.78. The van der Waals surface area contributed by atoms with Crippen LogP contribution in [0.1, 0.15) is 53.3 Å². The first-order chi connectivity index (χ1) is 23.6. The molecule has 5 aliphatic carbocycles. The van der Waals surface area contributed by atoms with Crippen LogP contribution in [0, 0.1) is 29.1 Å². The minimum atomic E-state index is -1.55. The molecule has 1 heterocycles. The van der Waals surface area contributed by atoms with Crippen molar-refractivity contribution in [3.63, 3.8) is 0 Å². The molecule has 0 aromatic heterocycles. The van der Waals surface area contributed by atoms with E-state index in [4.69, 9.17) is 34.2 Å². The Morgan fingerprint density at radius 2 is 1.59 bits per heavy atom. The van der Waals surface area contributed by atoms with E-state index in [2.05, 4.69) is 11.8 Å². The van der Waals surface area contributed by atoms with Gasteiger partial charge in [-0.25, -0.2) is 9.59 Å². The number of carbonyl (C=O) groups excluding carboxylic acids is 2. The highest BCUT2D eigenvalue weighted by Crippen LogP contribution is 2.79. The van der Waals surface area contributed by atoms with Crippen molar-refractivity contribution in [3.8, 4) is 0 Å². The second-order valence-electron chi connectivity index (χ2n) is 15.2. The summed E-state index contributed by atoms with van der Waals surface area (Å²) in [6, 6.07) is 15.3. The van der Waals surface area contributed by atoms with Gasteiger partial charge in [-0.15, -0.1) is 0 Å². The maximum absolute atomic E-state index is 14.4. The molecule has 49 heavy (non-hydrogen) atoms. The lowest BCUT2D eigenvalue weighted by Gasteiger charge is -2.69. The van der Waals surface area contributed by atoms with Crippen LogP contribution in [0.15, 0.2) is 54.6 Å². The van der Waals surface area contributed by atoms with Crippen LogP contribution in [0.4, 0.5) is 5.69 Å². The fourth-order valence-corrected chi connectivity index (χ4v) is 12.4. The first-order valence-electron chi connectivity index (χ1n) is 17.5. The van der Waals surface area contributed by atoms with Crippen LogP contribution in [0.25, 0.3) is 0 Å². The molecule has 0 amide bonds. The van der Waals surface area contributed by atoms with Crippen molar-refractivity contribution in [3.05, 3.63) is 65.7 Å². The zero-order valence-corrected chi connectivity index (χ0v) is 28.9. The van der Waals surface area contributed by atoms with Crippen LogP contribution in [0.2, 0.25) is 0 Å². The second-order valence-corrected chi connectivity index (χ2v) is 15.2. The maximum atomic E-state index is 14.4. The SMILES string of the molecule is CCN1C[C@]2(OC)CC[C@H](OC)C34C1[C@@H]([C@H](OC)[C@@H]32)[C@@]1(OC(=O)c2ccc(N)cc2)C[C@H](OC)[C@@]2(O)C[C@@H]4[C@@H]1[C@H]2OC(=O)c1ccccc1. The quantitative estimate of drug-likeness (QED) is 0.299. The van der Waals surface area contributed by atoms with Crippen molar-refractivity contribution in [1.82, 2.24) is 4.90 Å². The number of hydrogen-bond donors (Lipinski definition) is 2. The van der Waals surface area contributed by atoms with Crippen LogP contribution in [0.3, 0.4) is 0 Å². The molecule has 1 aliphatic heterocycles. The molecule has 6 aliphatic rings. The summed E-state index contributed by atoms with van der Waals surface area (Å²) in [5.74, 6) is -2.46. The van der Waals surface area contributed by atoms with Gasteiger partial charge in [0.05, 0.1) is 35.0 Å². The molecule has 0 radical (unpaired) electrons. The molecule has 3 N–H and O–H groups in total. The second kappa shape index (κ2) is 11.5. The van der Waals surface area contributed by atoms with Crippen molar-refractivity contribution in [2.24, 2.45) is 29.1 Å². The minimum absolute atomic E-state index is 0.134. The fourth-order valence-electron chi connectivity index (χ4n) is 12.4. The number of rotatable bonds is 9. The Kier molecular flexibility index (Phi) is 7.76. The zero-order chi connectivity index (χ0) is 34.5. The number of hydrogen-bond acceptors (Lipinski definition) is 11. The van der Waals surface area contributed by atoms with Gasteiger partial charge in [-0.1, -0.05) is 25.1 Å². The number of esters is 2. The molecule has 2 aromatic carbocycles. The Hall–Kier alpha value is -3.06. The molecule has 13 atom stereocenters. The van der Waals surface area contributed by atoms with E-state index in [-0.39, 0.29) is 42.7 Å². The van der Waals surface area contributed by atoms with Gasteiger partial charge in [-0.3, -0.25) is 4.90 Å². The number of piperidine rings is 1. The number of carbonyl (C=O) groups is 2. The van der Waals surface area contributed by atoms with Crippen molar-refractivity contribution in [1.29, 1.82) is 0 Å². The smallest absolute Gasteiger partial charge is 0.338 e. The Morgan fingerprint density at radius 1 is 0.898 bits per heavy atom. The number of anilines is 1. The number of ether oxygens (including phenoxy) is 6. The van der Waals surface area contributed by atoms with Gasteiger partial charge in [0.15, 0.2) is 0 Å². The number of benzene rings is 2. The topological polar surface area (TPSA) is 139 Å². The van der Waals surface area contributed by atoms with E-state index in [0.717, 1.165) is 19.4 Å². The maximum Gasteiger partial charge on any atom is 0.338 e. The van der Waals surface area contributed by atoms with Crippen molar-refractivity contribution in [2.75, 3.05) is 47.3 Å². The largest absolute Gasteiger partial charge is 0.455 e. The number of aliphatic hydroxyl groups is 1. The fraction of sp³-hybridized carbons (Fsp3) is 0.632. The summed E-state index contributed by atoms with van der Waals surface area (Å²) in [5, 5.41) is 12.9. The van der Waals surface area contributed by atoms with E-state index in [1.807, 2.05) is 6.07 Å². The van der Waals surface area contributed by atoms with Gasteiger partial charge in [-0.05, 0) is 68.1 Å². The number of likely N-dealkylation sites (N-methyl/N-ethyl adjacent to an activating group) is 1. The third-order valence-corrected chi connectivity index (χ3v) is 13.9. The summed E-state index contributed by atoms with van der Waals surface area (Å²) in [5.41, 5.74) is 3.31. The highest BCUT2D eigenvalue weighted by Gasteiger charge is 2.90. The van der Waals surface area contributed by atoms with Gasteiger partial charge in [-0.2, -0.15) is 0 Å². The normalized spacial score (nSPS) is 44.4. The van der Waals surface area contributed by atoms with Gasteiger partial charge < -0.3 is 39.3 Å². The number of likely N-dealkylation sites (tertiary alicyclic amines) is 1. The Bertz CT molecular complexity index is 1610. The number of nitrogen functional groups attached to an aromatic ring is 1. The predicted molar refractivity (Wildman–Crippen MR) is 178 cm³/mol. The molecule has 6 fully saturated rings. The van der Waals surface area contributed by atoms with Gasteiger partial charge in [0, 0.05) is 76.3 Å². The predicted octanol–water partition coefficient (Wildman–Crippen LogP) is 3.34. The minimum Gasteiger partial charge on any atom is -0.455 e. The number of nitrogens with zero attached hydrogens (tertiary/aromatic N) is 1. The molecule has 1 saturated heterocycles. The molecule has 2 aromatic rings. The van der Waals surface area contributed by atoms with E-state index in [9.17, 15) is 14.7 Å². The molecule has 264 valence electrons. The van der Waals surface area contributed by atoms with E-state index in [0.29, 0.717) is 23.4 Å². The standard InChI is InChI=1S/C38H48N2O9/c1-6-40-20-35(47-5)17-16-25(44-2)38-24-18-36(43)26(45-3)19-37(28(31(38)40)29(46-4)30(35)38,49-34(42)22-12-14-23(39)15-13-22)27(24)32(36)48-33(41)21-10-8-7-9-11-21/h7-15,24-32,43H,6,16-20,39H2,1-5H3/t24-,25+,26+,27-,28-,29+,30-,31?,32-,35-,36+,37-,38?/m1/s1. The average molecular weight is 677 g/mol. The van der Waals surface area contributed by atoms with Crippen molar-refractivity contribution in [2.45, 2.75) is 79.9 Å². The van der Waals surface area contributed by atoms with Gasteiger partial charge >= 0.3 is 11.9 Å². The lowest BCUT2D eigenvalue weighted by molar-refractivity contribution is -0.291. The van der Waals surface area contributed by atoms with Crippen molar-refractivity contribution >= 4 is 17.6 Å². The lowest BCUT2D eigenvalue weighted by atomic mass is 9.45. The highest BCUT2D eigenvalue weighted by atomic mass is 16.6. The molecule has 5 saturated carbocycles. The van der Waals surface area contributed by atoms with E-state index in [1.54, 1.807) is 77.0 Å². The summed E-state index contributed by atoms with van der Waals surface area (Å²) in [4.78, 5) is 30.8. The molecular weight excluding hydrogens is 628 g/mol. The summed E-state index contributed by atoms with van der Waals surface area (Å²) in [6.45, 7) is 3.59. The molecule has 7 bridgehead atoms. The summed E-state index contributed by atoms with van der Waals surface area (Å²) < 4.78 is 39.4. The van der Waals surface area contributed by atoms with Crippen LogP contribution in [-0.4, -0.2) is 111 Å². The van der Waals surface area contributed by atoms with Crippen LogP contribution >= 0.6 is 0 Å². The molecule has 11 heteroatoms. The highest BCUT2D eigenvalue weighted by molar-refractivity contribution is 5.90. The van der Waals surface area contributed by atoms with E-state index >= 15 is 0 Å². The Labute approximate surface area is 287 Å². The monoisotopic (exact) mass is 676 g/mol. The molecule has 1 spiro atoms. The number of fused-ring (bicyclic) bond motifs is 2. The first kappa shape index (κ1) is 33.1. The van der Waals surface area contributed by atoms with Crippen LogP contribution in [-0.2, 0) is 28.4 Å². The molecule has 11 nitrogen and oxygen atoms in total. The number of methoxy groups -OCH3 is 4. The summed E-state index contributed by atoms with van der Waals surface area (Å²) in [6.07, 6.45) is -0.409. The summed E-state index contributed by atoms with van der Waals surface area (Å²) >= 11 is 0. The molecule has 8 rings (SSSR count). The van der Waals surface area contributed by atoms with E-state index in [1.165, 1.54) is 0 Å². The zero-order valence-electron chi connectivity index (χ0n) is 28.9. The Balaban J connectivity index is 1.38. The summed E-state index contributed by atoms with van der Waals surface area (Å²) in [7, 11) is 6.86. The van der Waals surface area contributed by atoms with Crippen molar-refractivity contribution < 1.29 is 43.1 Å². The van der Waals surface area contributed by atoms with E-state index < -0.39 is 58.4 Å². The third-order valence-electron chi connectivity index (χ3n) is 13.9. The molecule has 2 unspecified atom stereocenters. The first-order valence-corrected chi connectivity index (χ1v) is 17.5. The number of nitrogens with two attached hydrogens (primary N) is 1. The van der Waals surface area contributed by atoms with Crippen LogP contribution < -0.4 is 5.73 Å². The Morgan fingerprint density at radius 3 is 2.22 bits per heavy atom. The molecular formula is C38H48N2O9. The van der Waals surface area contributed by atoms with Crippen LogP contribution in [0.5, 0.6) is 0 Å². The average Bonchev–Trinajstić information content (AvgIpc) is 3.49. The van der Waals surface area contributed by atoms with Gasteiger partial charge in [0.2, 0.25) is 0 Å². The third kappa shape index (κ3) is 4.11. The van der Waals surface area contributed by atoms with Gasteiger partial charge in [0.25, 0.3) is 0 Å².